The molecule has 2 N–H and O–H groups in total. The Labute approximate surface area is 178 Å². The number of aryl methyl sites for hydroxylation is 1. The zero-order chi connectivity index (χ0) is 21.9. The molecule has 0 unspecified atom stereocenters. The van der Waals surface area contributed by atoms with Gasteiger partial charge in [0.2, 0.25) is 0 Å². The number of esters is 1. The summed E-state index contributed by atoms with van der Waals surface area (Å²) in [5.41, 5.74) is 10.8. The summed E-state index contributed by atoms with van der Waals surface area (Å²) in [7, 11) is 0. The molecule has 0 amide bonds. The van der Waals surface area contributed by atoms with Crippen LogP contribution in [0.25, 0.3) is 16.8 Å². The highest BCUT2D eigenvalue weighted by atomic mass is 16.6. The van der Waals surface area contributed by atoms with Crippen LogP contribution >= 0.6 is 0 Å². The first-order valence-electron chi connectivity index (χ1n) is 10.5. The third-order valence-electron chi connectivity index (χ3n) is 4.95. The third kappa shape index (κ3) is 4.62. The van der Waals surface area contributed by atoms with E-state index < -0.39 is 5.60 Å². The van der Waals surface area contributed by atoms with E-state index in [2.05, 4.69) is 30.5 Å². The molecule has 5 nitrogen and oxygen atoms in total. The molecule has 0 radical (unpaired) electrons. The molecular formula is C25H31N3O2. The average Bonchev–Trinajstić information content (AvgIpc) is 3.02. The van der Waals surface area contributed by atoms with Gasteiger partial charge in [0.1, 0.15) is 11.4 Å². The first-order chi connectivity index (χ1) is 14.2. The molecule has 0 fully saturated rings. The second-order valence-corrected chi connectivity index (χ2v) is 8.38. The van der Waals surface area contributed by atoms with Crippen molar-refractivity contribution in [3.05, 3.63) is 71.3 Å². The van der Waals surface area contributed by atoms with Gasteiger partial charge in [-0.2, -0.15) is 0 Å². The number of benzene rings is 2. The molecule has 0 aliphatic heterocycles. The second-order valence-electron chi connectivity index (χ2n) is 8.38. The fraction of sp³-hybridized carbons (Fsp3) is 0.360. The van der Waals surface area contributed by atoms with Gasteiger partial charge < -0.3 is 15.0 Å². The molecular weight excluding hydrogens is 374 g/mol. The van der Waals surface area contributed by atoms with Crippen molar-refractivity contribution in [1.29, 1.82) is 0 Å². The lowest BCUT2D eigenvalue weighted by atomic mass is 9.99. The topological polar surface area (TPSA) is 70.1 Å². The summed E-state index contributed by atoms with van der Waals surface area (Å²) in [6, 6.07) is 15.8. The Kier molecular flexibility index (Phi) is 6.42. The Morgan fingerprint density at radius 3 is 2.37 bits per heavy atom. The summed E-state index contributed by atoms with van der Waals surface area (Å²) in [5, 5.41) is 0. The number of rotatable bonds is 6. The minimum absolute atomic E-state index is 0.313. The predicted molar refractivity (Wildman–Crippen MR) is 121 cm³/mol. The van der Waals surface area contributed by atoms with Crippen molar-refractivity contribution < 1.29 is 9.53 Å². The van der Waals surface area contributed by atoms with Crippen LogP contribution < -0.4 is 5.73 Å². The van der Waals surface area contributed by atoms with Crippen LogP contribution in [-0.2, 0) is 17.6 Å². The monoisotopic (exact) mass is 405 g/mol. The highest BCUT2D eigenvalue weighted by molar-refractivity contribution is 5.97. The zero-order valence-corrected chi connectivity index (χ0v) is 18.5. The van der Waals surface area contributed by atoms with Gasteiger partial charge >= 0.3 is 5.97 Å². The number of nitrogens with two attached hydrogens (primary N) is 1. The standard InChI is InChI=1S/C25H31N3O2/c1-6-23-27-22(15-16-26)17(2)28(23)19-13-11-18(12-14-19)20-9-7-8-10-21(20)24(29)30-25(3,4)5/h7-14H,6,15-16,26H2,1-5H3. The lowest BCUT2D eigenvalue weighted by Crippen LogP contribution is -2.24. The number of hydrogen-bond acceptors (Lipinski definition) is 4. The number of carbonyl (C=O) groups excluding carboxylic acids is 1. The van der Waals surface area contributed by atoms with Gasteiger partial charge in [0.05, 0.1) is 11.3 Å². The second kappa shape index (κ2) is 8.84. The molecule has 0 aliphatic rings. The molecule has 2 aromatic carbocycles. The molecule has 0 saturated heterocycles. The Morgan fingerprint density at radius 1 is 1.10 bits per heavy atom. The largest absolute Gasteiger partial charge is 0.456 e. The zero-order valence-electron chi connectivity index (χ0n) is 18.5. The van der Waals surface area contributed by atoms with Crippen molar-refractivity contribution in [3.63, 3.8) is 0 Å². The molecule has 3 aromatic rings. The molecule has 0 aliphatic carbocycles. The number of nitrogens with zero attached hydrogens (tertiary/aromatic N) is 2. The van der Waals surface area contributed by atoms with Gasteiger partial charge in [0.15, 0.2) is 0 Å². The van der Waals surface area contributed by atoms with Crippen molar-refractivity contribution in [2.75, 3.05) is 6.54 Å². The van der Waals surface area contributed by atoms with Gasteiger partial charge in [-0.05, 0) is 63.6 Å². The fourth-order valence-electron chi connectivity index (χ4n) is 3.60. The molecule has 0 bridgehead atoms. The Bertz CT molecular complexity index is 1030. The molecule has 0 saturated carbocycles. The maximum Gasteiger partial charge on any atom is 0.339 e. The van der Waals surface area contributed by atoms with E-state index in [9.17, 15) is 4.79 Å². The first-order valence-corrected chi connectivity index (χ1v) is 10.5. The smallest absolute Gasteiger partial charge is 0.339 e. The van der Waals surface area contributed by atoms with Gasteiger partial charge in [0.25, 0.3) is 0 Å². The van der Waals surface area contributed by atoms with Crippen molar-refractivity contribution >= 4 is 5.97 Å². The highest BCUT2D eigenvalue weighted by Crippen LogP contribution is 2.28. The van der Waals surface area contributed by atoms with E-state index in [1.165, 1.54) is 0 Å². The van der Waals surface area contributed by atoms with Crippen LogP contribution in [0.5, 0.6) is 0 Å². The minimum atomic E-state index is -0.537. The van der Waals surface area contributed by atoms with E-state index in [1.54, 1.807) is 0 Å². The maximum atomic E-state index is 12.7. The van der Waals surface area contributed by atoms with Crippen LogP contribution in [0.2, 0.25) is 0 Å². The molecule has 158 valence electrons. The summed E-state index contributed by atoms with van der Waals surface area (Å²) < 4.78 is 7.78. The predicted octanol–water partition coefficient (Wildman–Crippen LogP) is 4.87. The molecule has 30 heavy (non-hydrogen) atoms. The number of aromatic nitrogens is 2. The lowest BCUT2D eigenvalue weighted by Gasteiger charge is -2.20. The van der Waals surface area contributed by atoms with E-state index in [-0.39, 0.29) is 5.97 Å². The van der Waals surface area contributed by atoms with Gasteiger partial charge in [-0.3, -0.25) is 0 Å². The molecule has 3 rings (SSSR count). The van der Waals surface area contributed by atoms with Crippen LogP contribution in [0, 0.1) is 6.92 Å². The molecule has 1 heterocycles. The van der Waals surface area contributed by atoms with E-state index in [0.717, 1.165) is 46.9 Å². The van der Waals surface area contributed by atoms with Gasteiger partial charge in [-0.15, -0.1) is 0 Å². The summed E-state index contributed by atoms with van der Waals surface area (Å²) in [4.78, 5) is 17.5. The average molecular weight is 406 g/mol. The normalized spacial score (nSPS) is 11.5. The Morgan fingerprint density at radius 2 is 1.77 bits per heavy atom. The van der Waals surface area contributed by atoms with E-state index >= 15 is 0 Å². The van der Waals surface area contributed by atoms with Crippen LogP contribution in [0.1, 0.15) is 55.3 Å². The SMILES string of the molecule is CCc1nc(CCN)c(C)n1-c1ccc(-c2ccccc2C(=O)OC(C)(C)C)cc1. The van der Waals surface area contributed by atoms with Crippen molar-refractivity contribution in [2.45, 2.75) is 53.1 Å². The van der Waals surface area contributed by atoms with E-state index in [4.69, 9.17) is 15.5 Å². The van der Waals surface area contributed by atoms with Crippen LogP contribution in [0.4, 0.5) is 0 Å². The summed E-state index contributed by atoms with van der Waals surface area (Å²) in [6.45, 7) is 10.4. The lowest BCUT2D eigenvalue weighted by molar-refractivity contribution is 0.00704. The van der Waals surface area contributed by atoms with Crippen molar-refractivity contribution in [3.8, 4) is 16.8 Å². The van der Waals surface area contributed by atoms with Crippen molar-refractivity contribution in [1.82, 2.24) is 9.55 Å². The molecule has 5 heteroatoms. The quantitative estimate of drug-likeness (QED) is 0.594. The van der Waals surface area contributed by atoms with Gasteiger partial charge in [-0.1, -0.05) is 37.3 Å². The van der Waals surface area contributed by atoms with Gasteiger partial charge in [0, 0.05) is 24.2 Å². The molecule has 1 aromatic heterocycles. The van der Waals surface area contributed by atoms with E-state index in [0.29, 0.717) is 12.1 Å². The van der Waals surface area contributed by atoms with Crippen LogP contribution in [0.3, 0.4) is 0 Å². The van der Waals surface area contributed by atoms with E-state index in [1.807, 2.05) is 57.2 Å². The maximum absolute atomic E-state index is 12.7. The highest BCUT2D eigenvalue weighted by Gasteiger charge is 2.21. The molecule has 0 atom stereocenters. The third-order valence-corrected chi connectivity index (χ3v) is 4.95. The Hall–Kier alpha value is -2.92. The summed E-state index contributed by atoms with van der Waals surface area (Å²) in [5.74, 6) is 0.713. The summed E-state index contributed by atoms with van der Waals surface area (Å²) in [6.07, 6.45) is 1.61. The molecule has 0 spiro atoms. The number of carbonyl (C=O) groups is 1. The first kappa shape index (κ1) is 21.8. The summed E-state index contributed by atoms with van der Waals surface area (Å²) >= 11 is 0. The number of imidazole rings is 1. The number of hydrogen-bond donors (Lipinski definition) is 1. The van der Waals surface area contributed by atoms with Crippen molar-refractivity contribution in [2.24, 2.45) is 5.73 Å². The van der Waals surface area contributed by atoms with Crippen LogP contribution in [0.15, 0.2) is 48.5 Å². The fourth-order valence-corrected chi connectivity index (χ4v) is 3.60. The Balaban J connectivity index is 1.98. The van der Waals surface area contributed by atoms with Crippen LogP contribution in [-0.4, -0.2) is 27.7 Å². The van der Waals surface area contributed by atoms with Gasteiger partial charge in [-0.25, -0.2) is 9.78 Å². The minimum Gasteiger partial charge on any atom is -0.456 e. The number of ether oxygens (including phenoxy) is 1.